The summed E-state index contributed by atoms with van der Waals surface area (Å²) in [6, 6.07) is 16.5. The Kier molecular flexibility index (Phi) is 7.41. The van der Waals surface area contributed by atoms with Gasteiger partial charge in [0.25, 0.3) is 5.56 Å². The second-order valence-electron chi connectivity index (χ2n) is 8.31. The lowest BCUT2D eigenvalue weighted by Crippen LogP contribution is -2.23. The molecule has 0 atom stereocenters. The summed E-state index contributed by atoms with van der Waals surface area (Å²) < 4.78 is 13.5. The van der Waals surface area contributed by atoms with E-state index in [2.05, 4.69) is 17.0 Å². The first-order valence-electron chi connectivity index (χ1n) is 11.7. The van der Waals surface area contributed by atoms with Crippen molar-refractivity contribution < 1.29 is 9.15 Å². The number of aromatic nitrogens is 3. The van der Waals surface area contributed by atoms with E-state index in [1.54, 1.807) is 24.3 Å². The van der Waals surface area contributed by atoms with Crippen LogP contribution in [0, 0.1) is 0 Å². The Morgan fingerprint density at radius 2 is 1.81 bits per heavy atom. The fraction of sp³-hybridized carbons (Fsp3) is 0.222. The normalized spacial score (nSPS) is 12.0. The number of unbranched alkanes of at least 4 members (excludes halogenated alkanes) is 3. The van der Waals surface area contributed by atoms with E-state index in [1.807, 2.05) is 36.4 Å². The molecule has 0 unspecified atom stereocenters. The fourth-order valence-corrected chi connectivity index (χ4v) is 4.93. The van der Waals surface area contributed by atoms with E-state index in [-0.39, 0.29) is 5.56 Å². The highest BCUT2D eigenvalue weighted by molar-refractivity contribution is 7.15. The van der Waals surface area contributed by atoms with Gasteiger partial charge in [-0.05, 0) is 61.0 Å². The maximum absolute atomic E-state index is 12.9. The topological polar surface area (TPSA) is 69.6 Å². The zero-order valence-corrected chi connectivity index (χ0v) is 21.9. The van der Waals surface area contributed by atoms with Gasteiger partial charge in [-0.2, -0.15) is 9.50 Å². The number of furan rings is 1. The van der Waals surface area contributed by atoms with Crippen LogP contribution in [0.15, 0.2) is 63.8 Å². The molecular formula is C27H23Cl2N3O3S. The van der Waals surface area contributed by atoms with E-state index in [1.165, 1.54) is 35.1 Å². The lowest BCUT2D eigenvalue weighted by Gasteiger charge is -2.06. The molecule has 184 valence electrons. The molecule has 3 heterocycles. The minimum absolute atomic E-state index is 0.242. The number of hydrogen-bond acceptors (Lipinski definition) is 6. The SMILES string of the molecule is CCCCCCOc1ccc(-c2nc3sc(=Cc4ccc(-c5ccc(Cl)c(Cl)c5)o4)c(=O)n3n2)cc1. The quantitative estimate of drug-likeness (QED) is 0.191. The number of thiazole rings is 1. The van der Waals surface area contributed by atoms with Crippen molar-refractivity contribution in [3.8, 4) is 28.5 Å². The first kappa shape index (κ1) is 24.6. The van der Waals surface area contributed by atoms with Gasteiger partial charge in [0, 0.05) is 17.2 Å². The maximum Gasteiger partial charge on any atom is 0.291 e. The molecule has 36 heavy (non-hydrogen) atoms. The van der Waals surface area contributed by atoms with E-state index in [0.717, 1.165) is 23.3 Å². The molecule has 9 heteroatoms. The third-order valence-electron chi connectivity index (χ3n) is 5.67. The zero-order valence-electron chi connectivity index (χ0n) is 19.5. The predicted octanol–water partition coefficient (Wildman–Crippen LogP) is 6.89. The molecule has 0 aliphatic carbocycles. The first-order valence-corrected chi connectivity index (χ1v) is 13.3. The standard InChI is InChI=1S/C27H23Cl2N3O3S/c1-2-3-4-5-14-34-19-9-6-17(7-10-19)25-30-27-32(31-25)26(33)24(36-27)16-20-11-13-23(35-20)18-8-12-21(28)22(29)15-18/h6-13,15-16H,2-5,14H2,1H3. The first-order chi connectivity index (χ1) is 17.5. The molecule has 6 nitrogen and oxygen atoms in total. The average Bonchev–Trinajstić information content (AvgIpc) is 3.59. The Morgan fingerprint density at radius 3 is 2.56 bits per heavy atom. The van der Waals surface area contributed by atoms with E-state index in [0.29, 0.717) is 43.5 Å². The molecular weight excluding hydrogens is 517 g/mol. The fourth-order valence-electron chi connectivity index (χ4n) is 3.74. The van der Waals surface area contributed by atoms with Crippen molar-refractivity contribution in [2.24, 2.45) is 0 Å². The lowest BCUT2D eigenvalue weighted by molar-refractivity contribution is 0.305. The average molecular weight is 540 g/mol. The van der Waals surface area contributed by atoms with Gasteiger partial charge in [0.2, 0.25) is 4.96 Å². The van der Waals surface area contributed by atoms with Gasteiger partial charge in [0.05, 0.1) is 16.7 Å². The van der Waals surface area contributed by atoms with Crippen molar-refractivity contribution >= 4 is 45.6 Å². The van der Waals surface area contributed by atoms with Crippen LogP contribution >= 0.6 is 34.5 Å². The summed E-state index contributed by atoms with van der Waals surface area (Å²) in [5, 5.41) is 5.35. The number of hydrogen-bond donors (Lipinski definition) is 0. The Bertz CT molecular complexity index is 1610. The maximum atomic E-state index is 12.9. The Hall–Kier alpha value is -3.13. The molecule has 0 saturated heterocycles. The molecule has 0 amide bonds. The molecule has 0 aliphatic rings. The van der Waals surface area contributed by atoms with Gasteiger partial charge in [-0.1, -0.05) is 60.7 Å². The van der Waals surface area contributed by atoms with Gasteiger partial charge in [-0.15, -0.1) is 5.10 Å². The number of ether oxygens (including phenoxy) is 1. The molecule has 3 aromatic heterocycles. The van der Waals surface area contributed by atoms with Crippen LogP contribution in [0.5, 0.6) is 5.75 Å². The van der Waals surface area contributed by atoms with Gasteiger partial charge in [0.1, 0.15) is 21.8 Å². The summed E-state index contributed by atoms with van der Waals surface area (Å²) >= 11 is 13.4. The molecule has 5 rings (SSSR count). The van der Waals surface area contributed by atoms with Crippen LogP contribution in [0.2, 0.25) is 10.0 Å². The lowest BCUT2D eigenvalue weighted by atomic mass is 10.2. The van der Waals surface area contributed by atoms with Crippen LogP contribution in [0.3, 0.4) is 0 Å². The highest BCUT2D eigenvalue weighted by atomic mass is 35.5. The van der Waals surface area contributed by atoms with Gasteiger partial charge < -0.3 is 9.15 Å². The zero-order chi connectivity index (χ0) is 25.1. The second-order valence-corrected chi connectivity index (χ2v) is 10.1. The van der Waals surface area contributed by atoms with Gasteiger partial charge in [-0.3, -0.25) is 4.79 Å². The number of benzene rings is 2. The molecule has 5 aromatic rings. The van der Waals surface area contributed by atoms with Crippen molar-refractivity contribution in [3.63, 3.8) is 0 Å². The molecule has 0 spiro atoms. The van der Waals surface area contributed by atoms with Gasteiger partial charge >= 0.3 is 0 Å². The van der Waals surface area contributed by atoms with E-state index < -0.39 is 0 Å². The number of nitrogens with zero attached hydrogens (tertiary/aromatic N) is 3. The van der Waals surface area contributed by atoms with E-state index in [9.17, 15) is 4.79 Å². The van der Waals surface area contributed by atoms with Crippen LogP contribution in [-0.4, -0.2) is 21.2 Å². The molecule has 0 radical (unpaired) electrons. The van der Waals surface area contributed by atoms with E-state index in [4.69, 9.17) is 32.4 Å². The van der Waals surface area contributed by atoms with Crippen LogP contribution in [-0.2, 0) is 0 Å². The van der Waals surface area contributed by atoms with E-state index >= 15 is 0 Å². The highest BCUT2D eigenvalue weighted by Gasteiger charge is 2.13. The third-order valence-corrected chi connectivity index (χ3v) is 7.36. The summed E-state index contributed by atoms with van der Waals surface area (Å²) in [4.78, 5) is 18.0. The minimum atomic E-state index is -0.242. The van der Waals surface area contributed by atoms with Crippen LogP contribution in [0.1, 0.15) is 38.4 Å². The smallest absolute Gasteiger partial charge is 0.291 e. The van der Waals surface area contributed by atoms with Gasteiger partial charge in [-0.25, -0.2) is 0 Å². The summed E-state index contributed by atoms with van der Waals surface area (Å²) in [5.41, 5.74) is 1.38. The Morgan fingerprint density at radius 1 is 1.00 bits per heavy atom. The molecule has 0 saturated carbocycles. The number of rotatable bonds is 9. The summed E-state index contributed by atoms with van der Waals surface area (Å²) in [6.07, 6.45) is 6.36. The summed E-state index contributed by atoms with van der Waals surface area (Å²) in [5.74, 6) is 2.49. The van der Waals surface area contributed by atoms with Gasteiger partial charge in [0.15, 0.2) is 5.82 Å². The Labute approximate surface area is 221 Å². The third kappa shape index (κ3) is 5.33. The molecule has 0 bridgehead atoms. The Balaban J connectivity index is 1.32. The summed E-state index contributed by atoms with van der Waals surface area (Å²) in [7, 11) is 0. The minimum Gasteiger partial charge on any atom is -0.494 e. The van der Waals surface area contributed by atoms with Crippen molar-refractivity contribution in [2.75, 3.05) is 6.61 Å². The van der Waals surface area contributed by atoms with Crippen LogP contribution in [0.25, 0.3) is 33.7 Å². The summed E-state index contributed by atoms with van der Waals surface area (Å²) in [6.45, 7) is 2.90. The largest absolute Gasteiger partial charge is 0.494 e. The molecule has 0 aliphatic heterocycles. The monoisotopic (exact) mass is 539 g/mol. The number of fused-ring (bicyclic) bond motifs is 1. The van der Waals surface area contributed by atoms with Crippen LogP contribution in [0.4, 0.5) is 0 Å². The molecule has 0 N–H and O–H groups in total. The molecule has 0 fully saturated rings. The number of halogens is 2. The van der Waals surface area contributed by atoms with Crippen molar-refractivity contribution in [1.29, 1.82) is 0 Å². The van der Waals surface area contributed by atoms with Crippen molar-refractivity contribution in [1.82, 2.24) is 14.6 Å². The van der Waals surface area contributed by atoms with Crippen molar-refractivity contribution in [2.45, 2.75) is 32.6 Å². The van der Waals surface area contributed by atoms with Crippen molar-refractivity contribution in [3.05, 3.63) is 85.3 Å². The second kappa shape index (κ2) is 10.9. The van der Waals surface area contributed by atoms with Crippen LogP contribution < -0.4 is 14.8 Å². The molecule has 2 aromatic carbocycles. The highest BCUT2D eigenvalue weighted by Crippen LogP contribution is 2.29. The predicted molar refractivity (Wildman–Crippen MR) is 145 cm³/mol.